The Morgan fingerprint density at radius 2 is 1.54 bits per heavy atom. The number of esters is 1. The molecule has 1 fully saturated rings. The van der Waals surface area contributed by atoms with Gasteiger partial charge in [0.25, 0.3) is 0 Å². The van der Waals surface area contributed by atoms with Gasteiger partial charge in [-0.15, -0.1) is 0 Å². The van der Waals surface area contributed by atoms with Crippen molar-refractivity contribution >= 4 is 5.97 Å². The van der Waals surface area contributed by atoms with Crippen LogP contribution < -0.4 is 0 Å². The second-order valence-electron chi connectivity index (χ2n) is 9.81. The van der Waals surface area contributed by atoms with E-state index in [0.717, 1.165) is 35.7 Å². The maximum atomic E-state index is 13.1. The van der Waals surface area contributed by atoms with Gasteiger partial charge in [-0.2, -0.15) is 13.2 Å². The smallest absolute Gasteiger partial charge is 0.421 e. The fourth-order valence-electron chi connectivity index (χ4n) is 4.61. The molecule has 2 atom stereocenters. The molecule has 2 N–H and O–H groups in total. The summed E-state index contributed by atoms with van der Waals surface area (Å²) in [4.78, 5) is 21.2. The fourth-order valence-corrected chi connectivity index (χ4v) is 4.61. The number of hydrogen-bond acceptors (Lipinski definition) is 7. The lowest BCUT2D eigenvalue weighted by molar-refractivity contribution is -0.258. The second kappa shape index (κ2) is 12.3. The van der Waals surface area contributed by atoms with E-state index in [0.29, 0.717) is 26.2 Å². The molecule has 1 unspecified atom stereocenters. The zero-order chi connectivity index (χ0) is 28.0. The number of benzene rings is 2. The van der Waals surface area contributed by atoms with Crippen LogP contribution in [0.4, 0.5) is 13.2 Å². The summed E-state index contributed by atoms with van der Waals surface area (Å²) in [6.07, 6.45) is -1.30. The first kappa shape index (κ1) is 28.7. The van der Waals surface area contributed by atoms with E-state index in [4.69, 9.17) is 9.84 Å². The van der Waals surface area contributed by atoms with Crippen LogP contribution in [0, 0.1) is 0 Å². The largest absolute Gasteiger partial charge is 0.462 e. The molecule has 2 heterocycles. The number of hydrogen-bond donors (Lipinski definition) is 2. The molecule has 10 heteroatoms. The summed E-state index contributed by atoms with van der Waals surface area (Å²) >= 11 is 0. The summed E-state index contributed by atoms with van der Waals surface area (Å²) in [6.45, 7) is 3.53. The third-order valence-corrected chi connectivity index (χ3v) is 7.01. The third kappa shape index (κ3) is 7.02. The fraction of sp³-hybridized carbons (Fsp3) is 0.379. The van der Waals surface area contributed by atoms with Crippen molar-refractivity contribution in [2.75, 3.05) is 32.8 Å². The van der Waals surface area contributed by atoms with Crippen LogP contribution in [0.15, 0.2) is 73.1 Å². The predicted molar refractivity (Wildman–Crippen MR) is 139 cm³/mol. The molecule has 39 heavy (non-hydrogen) atoms. The Kier molecular flexibility index (Phi) is 9.01. The van der Waals surface area contributed by atoms with E-state index >= 15 is 0 Å². The van der Waals surface area contributed by atoms with Crippen molar-refractivity contribution in [2.45, 2.75) is 37.8 Å². The number of pyridine rings is 1. The Balaban J connectivity index is 1.44. The highest BCUT2D eigenvalue weighted by Crippen LogP contribution is 2.39. The van der Waals surface area contributed by atoms with E-state index in [1.165, 1.54) is 12.1 Å². The van der Waals surface area contributed by atoms with Gasteiger partial charge < -0.3 is 14.9 Å². The molecule has 4 rings (SSSR count). The zero-order valence-electron chi connectivity index (χ0n) is 21.6. The van der Waals surface area contributed by atoms with Crippen molar-refractivity contribution in [1.82, 2.24) is 14.8 Å². The molecule has 1 saturated heterocycles. The Labute approximate surface area is 225 Å². The van der Waals surface area contributed by atoms with Gasteiger partial charge >= 0.3 is 12.1 Å². The minimum Gasteiger partial charge on any atom is -0.462 e. The van der Waals surface area contributed by atoms with Crippen LogP contribution in [-0.2, 0) is 28.2 Å². The number of halogens is 3. The molecule has 0 amide bonds. The molecule has 0 spiro atoms. The van der Waals surface area contributed by atoms with Crippen molar-refractivity contribution in [3.63, 3.8) is 0 Å². The van der Waals surface area contributed by atoms with Gasteiger partial charge in [0.05, 0.1) is 6.61 Å². The molecule has 208 valence electrons. The number of carbonyl (C=O) groups excluding carboxylic acids is 1. The zero-order valence-corrected chi connectivity index (χ0v) is 21.6. The van der Waals surface area contributed by atoms with E-state index in [-0.39, 0.29) is 24.7 Å². The molecule has 7 nitrogen and oxygen atoms in total. The van der Waals surface area contributed by atoms with Crippen LogP contribution in [0.1, 0.15) is 23.6 Å². The van der Waals surface area contributed by atoms with E-state index in [9.17, 15) is 23.1 Å². The van der Waals surface area contributed by atoms with Gasteiger partial charge in [-0.25, -0.2) is 0 Å². The number of piperazine rings is 1. The molecule has 0 radical (unpaired) electrons. The van der Waals surface area contributed by atoms with Crippen molar-refractivity contribution in [1.29, 1.82) is 0 Å². The van der Waals surface area contributed by atoms with Crippen molar-refractivity contribution in [2.24, 2.45) is 0 Å². The van der Waals surface area contributed by atoms with E-state index in [2.05, 4.69) is 14.8 Å². The number of aromatic nitrogens is 1. The number of alkyl halides is 3. The molecule has 1 aliphatic heterocycles. The van der Waals surface area contributed by atoms with Crippen molar-refractivity contribution in [3.8, 4) is 11.1 Å². The van der Waals surface area contributed by atoms with Gasteiger partial charge in [-0.05, 0) is 46.9 Å². The molecule has 0 saturated carbocycles. The molecule has 3 aromatic rings. The highest BCUT2D eigenvalue weighted by molar-refractivity contribution is 5.76. The van der Waals surface area contributed by atoms with Crippen LogP contribution in [-0.4, -0.2) is 76.0 Å². The Hall–Kier alpha value is -3.31. The average Bonchev–Trinajstić information content (AvgIpc) is 2.93. The molecule has 1 aromatic heterocycles. The highest BCUT2D eigenvalue weighted by atomic mass is 19.4. The van der Waals surface area contributed by atoms with Crippen LogP contribution in [0.3, 0.4) is 0 Å². The Morgan fingerprint density at radius 1 is 0.949 bits per heavy atom. The minimum absolute atomic E-state index is 0.0561. The SMILES string of the molecule is CC(O)(c1ccc(-c2ccc(CN3CCN(Cc4ccncc4)C[C@@H]3C(=O)OCCO)cc2)cc1)C(F)(F)F. The first-order chi connectivity index (χ1) is 18.6. The lowest BCUT2D eigenvalue weighted by atomic mass is 9.93. The van der Waals surface area contributed by atoms with Crippen LogP contribution in [0.25, 0.3) is 11.1 Å². The van der Waals surface area contributed by atoms with Crippen LogP contribution in [0.5, 0.6) is 0 Å². The number of aliphatic hydroxyl groups is 2. The van der Waals surface area contributed by atoms with Crippen molar-refractivity contribution < 1.29 is 32.9 Å². The standard InChI is InChI=1S/C29H32F3N3O4/c1-28(38,29(30,31)32)25-8-6-24(7-9-25)23-4-2-21(3-5-23)19-35-15-14-34(18-22-10-12-33-13-11-22)20-26(35)27(37)39-17-16-36/h2-13,26,36,38H,14-20H2,1H3/t26-,28?/m1/s1. The summed E-state index contributed by atoms with van der Waals surface area (Å²) < 4.78 is 44.7. The normalized spacial score (nSPS) is 18.5. The molecule has 0 aliphatic carbocycles. The number of nitrogens with zero attached hydrogens (tertiary/aromatic N) is 3. The minimum atomic E-state index is -4.77. The third-order valence-electron chi connectivity index (χ3n) is 7.01. The summed E-state index contributed by atoms with van der Waals surface area (Å²) in [5.74, 6) is -0.380. The molecule has 2 aromatic carbocycles. The summed E-state index contributed by atoms with van der Waals surface area (Å²) in [5, 5.41) is 19.0. The molecular formula is C29H32F3N3O4. The van der Waals surface area contributed by atoms with E-state index < -0.39 is 17.8 Å². The van der Waals surface area contributed by atoms with Gasteiger partial charge in [0.15, 0.2) is 5.60 Å². The number of aliphatic hydroxyl groups excluding tert-OH is 1. The topological polar surface area (TPSA) is 86.1 Å². The molecule has 0 bridgehead atoms. The number of carbonyl (C=O) groups is 1. The maximum absolute atomic E-state index is 13.1. The lowest BCUT2D eigenvalue weighted by Gasteiger charge is -2.40. The highest BCUT2D eigenvalue weighted by Gasteiger charge is 2.51. The van der Waals surface area contributed by atoms with E-state index in [1.807, 2.05) is 36.4 Å². The van der Waals surface area contributed by atoms with Crippen molar-refractivity contribution in [3.05, 3.63) is 89.7 Å². The second-order valence-corrected chi connectivity index (χ2v) is 9.81. The van der Waals surface area contributed by atoms with Gasteiger partial charge in [0, 0.05) is 45.1 Å². The summed E-state index contributed by atoms with van der Waals surface area (Å²) in [5.41, 5.74) is 0.464. The summed E-state index contributed by atoms with van der Waals surface area (Å²) in [6, 6.07) is 16.7. The van der Waals surface area contributed by atoms with Gasteiger partial charge in [-0.1, -0.05) is 48.5 Å². The first-order valence-electron chi connectivity index (χ1n) is 12.7. The van der Waals surface area contributed by atoms with Gasteiger partial charge in [0.2, 0.25) is 0 Å². The lowest BCUT2D eigenvalue weighted by Crippen LogP contribution is -2.56. The Bertz CT molecular complexity index is 1220. The van der Waals surface area contributed by atoms with Crippen LogP contribution >= 0.6 is 0 Å². The first-order valence-corrected chi connectivity index (χ1v) is 12.7. The Morgan fingerprint density at radius 3 is 2.13 bits per heavy atom. The number of rotatable bonds is 9. The summed E-state index contributed by atoms with van der Waals surface area (Å²) in [7, 11) is 0. The maximum Gasteiger partial charge on any atom is 0.421 e. The van der Waals surface area contributed by atoms with Crippen LogP contribution in [0.2, 0.25) is 0 Å². The van der Waals surface area contributed by atoms with E-state index in [1.54, 1.807) is 24.5 Å². The monoisotopic (exact) mass is 543 g/mol. The average molecular weight is 544 g/mol. The molecular weight excluding hydrogens is 511 g/mol. The quantitative estimate of drug-likeness (QED) is 0.398. The van der Waals surface area contributed by atoms with Gasteiger partial charge in [0.1, 0.15) is 12.6 Å². The number of ether oxygens (including phenoxy) is 1. The predicted octanol–water partition coefficient (Wildman–Crippen LogP) is 3.74. The molecule has 1 aliphatic rings. The van der Waals surface area contributed by atoms with Gasteiger partial charge in [-0.3, -0.25) is 19.6 Å².